The number of alkyl carbamates (subject to hydrolysis) is 1. The highest BCUT2D eigenvalue weighted by Gasteiger charge is 2.02. The number of amides is 1. The van der Waals surface area contributed by atoms with Crippen LogP contribution >= 0.6 is 0 Å². The van der Waals surface area contributed by atoms with Gasteiger partial charge in [-0.05, 0) is 18.4 Å². The second-order valence-corrected chi connectivity index (χ2v) is 4.38. The highest BCUT2D eigenvalue weighted by atomic mass is 16.5. The summed E-state index contributed by atoms with van der Waals surface area (Å²) in [5.41, 5.74) is 0.980. The SMILES string of the molecule is O=C(NCCCCc1ncn[nH]1)OCc1ccccc1. The Morgan fingerprint density at radius 1 is 1.25 bits per heavy atom. The Morgan fingerprint density at radius 3 is 2.85 bits per heavy atom. The molecule has 2 aromatic rings. The monoisotopic (exact) mass is 274 g/mol. The number of aromatic amines is 1. The fourth-order valence-corrected chi connectivity index (χ4v) is 1.73. The van der Waals surface area contributed by atoms with Gasteiger partial charge in [-0.2, -0.15) is 5.10 Å². The van der Waals surface area contributed by atoms with Crippen LogP contribution in [0.4, 0.5) is 4.79 Å². The average Bonchev–Trinajstić information content (AvgIpc) is 2.99. The number of carbonyl (C=O) groups is 1. The van der Waals surface area contributed by atoms with Gasteiger partial charge in [-0.1, -0.05) is 30.3 Å². The normalized spacial score (nSPS) is 10.2. The summed E-state index contributed by atoms with van der Waals surface area (Å²) in [6, 6.07) is 9.60. The molecule has 2 rings (SSSR count). The molecule has 1 aromatic heterocycles. The van der Waals surface area contributed by atoms with Gasteiger partial charge in [0.15, 0.2) is 0 Å². The van der Waals surface area contributed by atoms with E-state index in [9.17, 15) is 4.79 Å². The zero-order chi connectivity index (χ0) is 14.0. The van der Waals surface area contributed by atoms with Crippen LogP contribution in [0.3, 0.4) is 0 Å². The fraction of sp³-hybridized carbons (Fsp3) is 0.357. The number of H-pyrrole nitrogens is 1. The Bertz CT molecular complexity index is 499. The lowest BCUT2D eigenvalue weighted by atomic mass is 10.2. The molecule has 20 heavy (non-hydrogen) atoms. The Balaban J connectivity index is 1.52. The molecule has 106 valence electrons. The summed E-state index contributed by atoms with van der Waals surface area (Å²) in [5.74, 6) is 0.872. The summed E-state index contributed by atoms with van der Waals surface area (Å²) >= 11 is 0. The van der Waals surface area contributed by atoms with Crippen LogP contribution in [-0.2, 0) is 17.8 Å². The van der Waals surface area contributed by atoms with Crippen molar-refractivity contribution in [2.24, 2.45) is 0 Å². The number of ether oxygens (including phenoxy) is 1. The predicted octanol–water partition coefficient (Wildman–Crippen LogP) is 2.05. The topological polar surface area (TPSA) is 79.9 Å². The van der Waals surface area contributed by atoms with Crippen molar-refractivity contribution in [2.45, 2.75) is 25.9 Å². The van der Waals surface area contributed by atoms with E-state index in [0.717, 1.165) is 30.7 Å². The van der Waals surface area contributed by atoms with E-state index in [2.05, 4.69) is 20.5 Å². The third kappa shape index (κ3) is 5.09. The highest BCUT2D eigenvalue weighted by Crippen LogP contribution is 2.01. The highest BCUT2D eigenvalue weighted by molar-refractivity contribution is 5.67. The fourth-order valence-electron chi connectivity index (χ4n) is 1.73. The Morgan fingerprint density at radius 2 is 2.10 bits per heavy atom. The van der Waals surface area contributed by atoms with Gasteiger partial charge in [0.25, 0.3) is 0 Å². The molecule has 0 aliphatic carbocycles. The number of aromatic nitrogens is 3. The first-order chi connectivity index (χ1) is 9.84. The molecule has 0 bridgehead atoms. The quantitative estimate of drug-likeness (QED) is 0.757. The number of nitrogens with one attached hydrogen (secondary N) is 2. The van der Waals surface area contributed by atoms with Crippen LogP contribution in [0.5, 0.6) is 0 Å². The van der Waals surface area contributed by atoms with Crippen molar-refractivity contribution in [2.75, 3.05) is 6.54 Å². The smallest absolute Gasteiger partial charge is 0.407 e. The number of rotatable bonds is 7. The van der Waals surface area contributed by atoms with Crippen LogP contribution in [0.1, 0.15) is 24.2 Å². The summed E-state index contributed by atoms with van der Waals surface area (Å²) < 4.78 is 5.10. The zero-order valence-electron chi connectivity index (χ0n) is 11.2. The molecule has 6 heteroatoms. The summed E-state index contributed by atoms with van der Waals surface area (Å²) in [4.78, 5) is 15.5. The van der Waals surface area contributed by atoms with E-state index in [1.54, 1.807) is 0 Å². The molecule has 1 heterocycles. The number of aryl methyl sites for hydroxylation is 1. The van der Waals surface area contributed by atoms with Crippen molar-refractivity contribution < 1.29 is 9.53 Å². The lowest BCUT2D eigenvalue weighted by molar-refractivity contribution is 0.139. The first kappa shape index (κ1) is 14.0. The summed E-state index contributed by atoms with van der Waals surface area (Å²) in [5, 5.41) is 9.30. The van der Waals surface area contributed by atoms with Gasteiger partial charge in [-0.3, -0.25) is 5.10 Å². The predicted molar refractivity (Wildman–Crippen MR) is 74.0 cm³/mol. The number of hydrogen-bond acceptors (Lipinski definition) is 4. The molecule has 0 unspecified atom stereocenters. The van der Waals surface area contributed by atoms with E-state index in [1.807, 2.05) is 30.3 Å². The van der Waals surface area contributed by atoms with E-state index in [0.29, 0.717) is 13.2 Å². The molecular formula is C14H18N4O2. The molecule has 0 aliphatic heterocycles. The maximum absolute atomic E-state index is 11.4. The Labute approximate surface area is 117 Å². The van der Waals surface area contributed by atoms with E-state index in [-0.39, 0.29) is 6.09 Å². The first-order valence-corrected chi connectivity index (χ1v) is 6.63. The molecule has 0 radical (unpaired) electrons. The van der Waals surface area contributed by atoms with Gasteiger partial charge in [0, 0.05) is 13.0 Å². The number of carbonyl (C=O) groups excluding carboxylic acids is 1. The zero-order valence-corrected chi connectivity index (χ0v) is 11.2. The van der Waals surface area contributed by atoms with Crippen LogP contribution in [0.2, 0.25) is 0 Å². The standard InChI is InChI=1S/C14H18N4O2/c19-14(20-10-12-6-2-1-3-7-12)15-9-5-4-8-13-16-11-17-18-13/h1-3,6-7,11H,4-5,8-10H2,(H,15,19)(H,16,17,18). The molecule has 1 aromatic carbocycles. The third-order valence-electron chi connectivity index (χ3n) is 2.79. The molecule has 0 aliphatic rings. The molecule has 0 saturated heterocycles. The van der Waals surface area contributed by atoms with Gasteiger partial charge in [0.1, 0.15) is 18.8 Å². The van der Waals surface area contributed by atoms with E-state index >= 15 is 0 Å². The van der Waals surface area contributed by atoms with Crippen LogP contribution in [0.25, 0.3) is 0 Å². The Hall–Kier alpha value is -2.37. The maximum atomic E-state index is 11.4. The van der Waals surface area contributed by atoms with Crippen LogP contribution in [-0.4, -0.2) is 27.8 Å². The number of unbranched alkanes of at least 4 members (excludes halogenated alkanes) is 1. The van der Waals surface area contributed by atoms with Gasteiger partial charge in [0.2, 0.25) is 0 Å². The second kappa shape index (κ2) is 7.93. The summed E-state index contributed by atoms with van der Waals surface area (Å²) in [6.45, 7) is 0.895. The van der Waals surface area contributed by atoms with Crippen molar-refractivity contribution >= 4 is 6.09 Å². The average molecular weight is 274 g/mol. The van der Waals surface area contributed by atoms with Gasteiger partial charge in [-0.15, -0.1) is 0 Å². The lowest BCUT2D eigenvalue weighted by Crippen LogP contribution is -2.25. The van der Waals surface area contributed by atoms with E-state index in [1.165, 1.54) is 6.33 Å². The molecule has 0 spiro atoms. The lowest BCUT2D eigenvalue weighted by Gasteiger charge is -2.06. The van der Waals surface area contributed by atoms with Crippen LogP contribution in [0.15, 0.2) is 36.7 Å². The van der Waals surface area contributed by atoms with Gasteiger partial charge in [-0.25, -0.2) is 9.78 Å². The first-order valence-electron chi connectivity index (χ1n) is 6.63. The number of benzene rings is 1. The minimum absolute atomic E-state index is 0.296. The molecule has 1 amide bonds. The minimum Gasteiger partial charge on any atom is -0.445 e. The van der Waals surface area contributed by atoms with Crippen LogP contribution < -0.4 is 5.32 Å². The molecule has 0 saturated carbocycles. The number of hydrogen-bond donors (Lipinski definition) is 2. The van der Waals surface area contributed by atoms with Crippen molar-refractivity contribution in [3.05, 3.63) is 48.0 Å². The molecule has 0 atom stereocenters. The van der Waals surface area contributed by atoms with Crippen molar-refractivity contribution in [1.29, 1.82) is 0 Å². The molecule has 0 fully saturated rings. The van der Waals surface area contributed by atoms with Crippen LogP contribution in [0, 0.1) is 0 Å². The molecule has 6 nitrogen and oxygen atoms in total. The maximum Gasteiger partial charge on any atom is 0.407 e. The Kier molecular flexibility index (Phi) is 5.57. The van der Waals surface area contributed by atoms with Gasteiger partial charge < -0.3 is 10.1 Å². The van der Waals surface area contributed by atoms with Gasteiger partial charge >= 0.3 is 6.09 Å². The largest absolute Gasteiger partial charge is 0.445 e. The van der Waals surface area contributed by atoms with E-state index in [4.69, 9.17) is 4.74 Å². The molecular weight excluding hydrogens is 256 g/mol. The van der Waals surface area contributed by atoms with Crippen molar-refractivity contribution in [1.82, 2.24) is 20.5 Å². The number of nitrogens with zero attached hydrogens (tertiary/aromatic N) is 2. The second-order valence-electron chi connectivity index (χ2n) is 4.38. The molecule has 2 N–H and O–H groups in total. The van der Waals surface area contributed by atoms with E-state index < -0.39 is 0 Å². The van der Waals surface area contributed by atoms with Crippen molar-refractivity contribution in [3.8, 4) is 0 Å². The van der Waals surface area contributed by atoms with Crippen molar-refractivity contribution in [3.63, 3.8) is 0 Å². The van der Waals surface area contributed by atoms with Gasteiger partial charge in [0.05, 0.1) is 0 Å². The summed E-state index contributed by atoms with van der Waals surface area (Å²) in [6.07, 6.45) is 3.76. The summed E-state index contributed by atoms with van der Waals surface area (Å²) in [7, 11) is 0. The minimum atomic E-state index is -0.381. The third-order valence-corrected chi connectivity index (χ3v) is 2.79.